The van der Waals surface area contributed by atoms with Gasteiger partial charge < -0.3 is 15.0 Å². The second-order valence-corrected chi connectivity index (χ2v) is 6.01. The minimum absolute atomic E-state index is 0.112. The molecule has 0 saturated carbocycles. The standard InChI is InChI=1S/C19H21FN2O2/c1-14-4-7-16(8-5-14)24-13-19(23)21-17-12-15(20)6-9-18(17)22-10-2-3-11-22/h4-9,12H,2-3,10-11,13H2,1H3,(H,21,23). The van der Waals surface area contributed by atoms with Gasteiger partial charge in [0.2, 0.25) is 0 Å². The van der Waals surface area contributed by atoms with Gasteiger partial charge in [-0.1, -0.05) is 17.7 Å². The van der Waals surface area contributed by atoms with E-state index in [1.807, 2.05) is 31.2 Å². The van der Waals surface area contributed by atoms with Gasteiger partial charge in [-0.05, 0) is 50.1 Å². The zero-order chi connectivity index (χ0) is 16.9. The first-order valence-corrected chi connectivity index (χ1v) is 8.15. The number of hydrogen-bond donors (Lipinski definition) is 1. The third kappa shape index (κ3) is 4.04. The largest absolute Gasteiger partial charge is 0.484 e. The minimum atomic E-state index is -0.368. The number of benzene rings is 2. The predicted molar refractivity (Wildman–Crippen MR) is 93.2 cm³/mol. The molecule has 0 radical (unpaired) electrons. The number of carbonyl (C=O) groups excluding carboxylic acids is 1. The Morgan fingerprint density at radius 1 is 1.17 bits per heavy atom. The zero-order valence-electron chi connectivity index (χ0n) is 13.7. The van der Waals surface area contributed by atoms with Crippen molar-refractivity contribution in [1.29, 1.82) is 0 Å². The number of amides is 1. The van der Waals surface area contributed by atoms with Gasteiger partial charge in [-0.2, -0.15) is 0 Å². The van der Waals surface area contributed by atoms with Crippen LogP contribution >= 0.6 is 0 Å². The van der Waals surface area contributed by atoms with E-state index in [4.69, 9.17) is 4.74 Å². The fourth-order valence-corrected chi connectivity index (χ4v) is 2.81. The SMILES string of the molecule is Cc1ccc(OCC(=O)Nc2cc(F)ccc2N2CCCC2)cc1. The number of hydrogen-bond acceptors (Lipinski definition) is 3. The van der Waals surface area contributed by atoms with E-state index in [2.05, 4.69) is 10.2 Å². The van der Waals surface area contributed by atoms with E-state index in [0.717, 1.165) is 37.2 Å². The van der Waals surface area contributed by atoms with Crippen molar-refractivity contribution in [2.24, 2.45) is 0 Å². The highest BCUT2D eigenvalue weighted by molar-refractivity contribution is 5.95. The van der Waals surface area contributed by atoms with Crippen molar-refractivity contribution in [2.75, 3.05) is 29.9 Å². The van der Waals surface area contributed by atoms with Crippen LogP contribution in [0.3, 0.4) is 0 Å². The Bertz CT molecular complexity index is 710. The number of nitrogens with one attached hydrogen (secondary N) is 1. The van der Waals surface area contributed by atoms with Crippen LogP contribution in [0.1, 0.15) is 18.4 Å². The van der Waals surface area contributed by atoms with Crippen LogP contribution in [0, 0.1) is 12.7 Å². The molecule has 1 fully saturated rings. The van der Waals surface area contributed by atoms with Gasteiger partial charge >= 0.3 is 0 Å². The lowest BCUT2D eigenvalue weighted by Gasteiger charge is -2.21. The highest BCUT2D eigenvalue weighted by atomic mass is 19.1. The van der Waals surface area contributed by atoms with E-state index in [-0.39, 0.29) is 18.3 Å². The Morgan fingerprint density at radius 2 is 1.88 bits per heavy atom. The maximum atomic E-state index is 13.6. The first-order chi connectivity index (χ1) is 11.6. The quantitative estimate of drug-likeness (QED) is 0.909. The number of rotatable bonds is 5. The topological polar surface area (TPSA) is 41.6 Å². The van der Waals surface area contributed by atoms with Crippen LogP contribution in [0.15, 0.2) is 42.5 Å². The fraction of sp³-hybridized carbons (Fsp3) is 0.316. The molecular weight excluding hydrogens is 307 g/mol. The lowest BCUT2D eigenvalue weighted by molar-refractivity contribution is -0.118. The van der Waals surface area contributed by atoms with E-state index >= 15 is 0 Å². The first-order valence-electron chi connectivity index (χ1n) is 8.15. The molecule has 0 aromatic heterocycles. The van der Waals surface area contributed by atoms with Crippen LogP contribution in [0.4, 0.5) is 15.8 Å². The number of carbonyl (C=O) groups is 1. The van der Waals surface area contributed by atoms with E-state index < -0.39 is 0 Å². The summed E-state index contributed by atoms with van der Waals surface area (Å²) in [6.07, 6.45) is 2.22. The molecule has 0 aliphatic carbocycles. The number of ether oxygens (including phenoxy) is 1. The number of halogens is 1. The Balaban J connectivity index is 1.65. The Kier molecular flexibility index (Phi) is 4.99. The van der Waals surface area contributed by atoms with Crippen molar-refractivity contribution in [3.05, 3.63) is 53.8 Å². The average Bonchev–Trinajstić information content (AvgIpc) is 3.09. The lowest BCUT2D eigenvalue weighted by Crippen LogP contribution is -2.24. The third-order valence-electron chi connectivity index (χ3n) is 4.07. The average molecular weight is 328 g/mol. The summed E-state index contributed by atoms with van der Waals surface area (Å²) in [5.41, 5.74) is 2.48. The third-order valence-corrected chi connectivity index (χ3v) is 4.07. The van der Waals surface area contributed by atoms with Gasteiger partial charge in [0.1, 0.15) is 11.6 Å². The van der Waals surface area contributed by atoms with Crippen molar-refractivity contribution in [3.63, 3.8) is 0 Å². The van der Waals surface area contributed by atoms with Crippen LogP contribution < -0.4 is 15.0 Å². The molecule has 1 heterocycles. The molecule has 1 amide bonds. The highest BCUT2D eigenvalue weighted by Gasteiger charge is 2.17. The van der Waals surface area contributed by atoms with Gasteiger partial charge in [-0.3, -0.25) is 4.79 Å². The van der Waals surface area contributed by atoms with Crippen molar-refractivity contribution in [3.8, 4) is 5.75 Å². The molecule has 4 nitrogen and oxygen atoms in total. The van der Waals surface area contributed by atoms with Crippen LogP contribution in [0.25, 0.3) is 0 Å². The summed E-state index contributed by atoms with van der Waals surface area (Å²) in [6, 6.07) is 12.0. The summed E-state index contributed by atoms with van der Waals surface area (Å²) in [7, 11) is 0. The summed E-state index contributed by atoms with van der Waals surface area (Å²) < 4.78 is 19.0. The van der Waals surface area contributed by atoms with Gasteiger partial charge in [0.15, 0.2) is 6.61 Å². The van der Waals surface area contributed by atoms with E-state index in [1.54, 1.807) is 6.07 Å². The number of anilines is 2. The molecule has 2 aromatic carbocycles. The number of aryl methyl sites for hydroxylation is 1. The summed E-state index contributed by atoms with van der Waals surface area (Å²) >= 11 is 0. The van der Waals surface area contributed by atoms with E-state index in [0.29, 0.717) is 11.4 Å². The molecule has 0 atom stereocenters. The van der Waals surface area contributed by atoms with Crippen molar-refractivity contribution in [1.82, 2.24) is 0 Å². The molecule has 2 aromatic rings. The highest BCUT2D eigenvalue weighted by Crippen LogP contribution is 2.29. The van der Waals surface area contributed by atoms with Gasteiger partial charge in [0, 0.05) is 13.1 Å². The maximum Gasteiger partial charge on any atom is 0.262 e. The van der Waals surface area contributed by atoms with Crippen LogP contribution in [0.5, 0.6) is 5.75 Å². The van der Waals surface area contributed by atoms with Crippen LogP contribution in [0.2, 0.25) is 0 Å². The fourth-order valence-electron chi connectivity index (χ4n) is 2.81. The molecule has 1 saturated heterocycles. The molecule has 0 bridgehead atoms. The first kappa shape index (κ1) is 16.3. The Hall–Kier alpha value is -2.56. The number of nitrogens with zero attached hydrogens (tertiary/aromatic N) is 1. The monoisotopic (exact) mass is 328 g/mol. The van der Waals surface area contributed by atoms with Crippen molar-refractivity contribution in [2.45, 2.75) is 19.8 Å². The van der Waals surface area contributed by atoms with Crippen molar-refractivity contribution < 1.29 is 13.9 Å². The van der Waals surface area contributed by atoms with Gasteiger partial charge in [0.25, 0.3) is 5.91 Å². The normalized spacial score (nSPS) is 13.8. The summed E-state index contributed by atoms with van der Waals surface area (Å²) in [5.74, 6) is -0.0379. The van der Waals surface area contributed by atoms with Gasteiger partial charge in [-0.15, -0.1) is 0 Å². The molecular formula is C19H21FN2O2. The Labute approximate surface area is 141 Å². The van der Waals surface area contributed by atoms with E-state index in [1.165, 1.54) is 12.1 Å². The van der Waals surface area contributed by atoms with Crippen LogP contribution in [-0.2, 0) is 4.79 Å². The second kappa shape index (κ2) is 7.34. The smallest absolute Gasteiger partial charge is 0.262 e. The molecule has 3 rings (SSSR count). The molecule has 126 valence electrons. The lowest BCUT2D eigenvalue weighted by atomic mass is 10.2. The van der Waals surface area contributed by atoms with Crippen molar-refractivity contribution >= 4 is 17.3 Å². The minimum Gasteiger partial charge on any atom is -0.484 e. The Morgan fingerprint density at radius 3 is 2.58 bits per heavy atom. The molecule has 24 heavy (non-hydrogen) atoms. The van der Waals surface area contributed by atoms with E-state index in [9.17, 15) is 9.18 Å². The molecule has 1 aliphatic rings. The maximum absolute atomic E-state index is 13.6. The molecule has 0 spiro atoms. The summed E-state index contributed by atoms with van der Waals surface area (Å²) in [4.78, 5) is 14.3. The molecule has 0 unspecified atom stereocenters. The summed E-state index contributed by atoms with van der Waals surface area (Å²) in [6.45, 7) is 3.72. The second-order valence-electron chi connectivity index (χ2n) is 6.01. The zero-order valence-corrected chi connectivity index (χ0v) is 13.7. The van der Waals surface area contributed by atoms with Gasteiger partial charge in [-0.25, -0.2) is 4.39 Å². The van der Waals surface area contributed by atoms with Crippen LogP contribution in [-0.4, -0.2) is 25.6 Å². The molecule has 1 N–H and O–H groups in total. The molecule has 5 heteroatoms. The summed E-state index contributed by atoms with van der Waals surface area (Å²) in [5, 5.41) is 2.76. The van der Waals surface area contributed by atoms with Gasteiger partial charge in [0.05, 0.1) is 11.4 Å². The predicted octanol–water partition coefficient (Wildman–Crippen LogP) is 3.75. The molecule has 1 aliphatic heterocycles.